The molecule has 6 nitrogen and oxygen atoms in total. The van der Waals surface area contributed by atoms with E-state index in [0.29, 0.717) is 19.5 Å². The molecule has 0 heterocycles. The fourth-order valence-corrected chi connectivity index (χ4v) is 2.00. The molecule has 108 valence electrons. The maximum Gasteiger partial charge on any atom is 0.220 e. The molecule has 0 atom stereocenters. The zero-order valence-electron chi connectivity index (χ0n) is 11.1. The molecule has 1 amide bonds. The van der Waals surface area contributed by atoms with Crippen LogP contribution in [0.5, 0.6) is 0 Å². The summed E-state index contributed by atoms with van der Waals surface area (Å²) in [5, 5.41) is 2.68. The van der Waals surface area contributed by atoms with Crippen molar-refractivity contribution in [3.63, 3.8) is 0 Å². The van der Waals surface area contributed by atoms with E-state index in [1.54, 1.807) is 6.92 Å². The van der Waals surface area contributed by atoms with Crippen LogP contribution in [0.25, 0.3) is 0 Å². The van der Waals surface area contributed by atoms with Crippen molar-refractivity contribution in [1.82, 2.24) is 10.0 Å². The van der Waals surface area contributed by atoms with Crippen LogP contribution in [-0.4, -0.2) is 39.7 Å². The van der Waals surface area contributed by atoms with Crippen molar-refractivity contribution in [3.05, 3.63) is 0 Å². The third-order valence-electron chi connectivity index (χ3n) is 2.51. The molecule has 7 heteroatoms. The van der Waals surface area contributed by atoms with E-state index in [4.69, 9.17) is 5.73 Å². The first-order chi connectivity index (χ1) is 8.52. The Kier molecular flexibility index (Phi) is 9.90. The van der Waals surface area contributed by atoms with Crippen molar-refractivity contribution < 1.29 is 13.2 Å². The Bertz CT molecular complexity index is 317. The van der Waals surface area contributed by atoms with Gasteiger partial charge in [0, 0.05) is 19.5 Å². The van der Waals surface area contributed by atoms with Crippen molar-refractivity contribution in [1.29, 1.82) is 0 Å². The minimum atomic E-state index is -3.16. The average Bonchev–Trinajstić information content (AvgIpc) is 2.34. The van der Waals surface area contributed by atoms with E-state index in [1.807, 2.05) is 0 Å². The van der Waals surface area contributed by atoms with Gasteiger partial charge in [-0.25, -0.2) is 13.1 Å². The molecule has 0 saturated heterocycles. The summed E-state index contributed by atoms with van der Waals surface area (Å²) in [5.74, 6) is 0.0284. The van der Waals surface area contributed by atoms with Gasteiger partial charge in [0.15, 0.2) is 0 Å². The average molecular weight is 279 g/mol. The molecule has 0 aliphatic carbocycles. The number of hydrogen-bond donors (Lipinski definition) is 3. The first-order valence-corrected chi connectivity index (χ1v) is 8.11. The highest BCUT2D eigenvalue weighted by atomic mass is 32.2. The first kappa shape index (κ1) is 17.3. The zero-order valence-corrected chi connectivity index (χ0v) is 11.9. The second-order valence-electron chi connectivity index (χ2n) is 4.10. The van der Waals surface area contributed by atoms with E-state index < -0.39 is 10.0 Å². The van der Waals surface area contributed by atoms with Crippen LogP contribution in [0.2, 0.25) is 0 Å². The van der Waals surface area contributed by atoms with Crippen molar-refractivity contribution in [3.8, 4) is 0 Å². The lowest BCUT2D eigenvalue weighted by atomic mass is 10.1. The van der Waals surface area contributed by atoms with Crippen LogP contribution in [0.1, 0.15) is 39.0 Å². The van der Waals surface area contributed by atoms with Crippen molar-refractivity contribution >= 4 is 15.9 Å². The van der Waals surface area contributed by atoms with E-state index in [2.05, 4.69) is 10.0 Å². The predicted octanol–water partition coefficient (Wildman–Crippen LogP) is -0.0489. The Hall–Kier alpha value is -0.660. The Morgan fingerprint density at radius 3 is 2.39 bits per heavy atom. The highest BCUT2D eigenvalue weighted by Crippen LogP contribution is 2.01. The molecule has 0 rings (SSSR count). The normalized spacial score (nSPS) is 11.4. The summed E-state index contributed by atoms with van der Waals surface area (Å²) in [6.07, 6.45) is 4.41. The van der Waals surface area contributed by atoms with Gasteiger partial charge in [0.05, 0.1) is 5.75 Å². The number of hydrogen-bond acceptors (Lipinski definition) is 4. The SMILES string of the molecule is CCS(=O)(=O)NCCNC(=O)CCCCCCN. The maximum absolute atomic E-state index is 11.4. The van der Waals surface area contributed by atoms with Gasteiger partial charge in [-0.05, 0) is 26.3 Å². The van der Waals surface area contributed by atoms with E-state index in [1.165, 1.54) is 0 Å². The lowest BCUT2D eigenvalue weighted by Crippen LogP contribution is -2.35. The van der Waals surface area contributed by atoms with Gasteiger partial charge in [0.25, 0.3) is 0 Å². The molecule has 0 saturated carbocycles. The molecule has 0 aliphatic rings. The molecule has 0 aliphatic heterocycles. The van der Waals surface area contributed by atoms with Gasteiger partial charge >= 0.3 is 0 Å². The third kappa shape index (κ3) is 10.5. The van der Waals surface area contributed by atoms with Gasteiger partial charge in [-0.3, -0.25) is 4.79 Å². The van der Waals surface area contributed by atoms with Crippen molar-refractivity contribution in [2.75, 3.05) is 25.4 Å². The molecule has 0 aromatic rings. The third-order valence-corrected chi connectivity index (χ3v) is 3.91. The van der Waals surface area contributed by atoms with Gasteiger partial charge < -0.3 is 11.1 Å². The molecule has 4 N–H and O–H groups in total. The number of nitrogens with two attached hydrogens (primary N) is 1. The lowest BCUT2D eigenvalue weighted by Gasteiger charge is -2.06. The zero-order chi connectivity index (χ0) is 13.9. The Labute approximate surface area is 110 Å². The van der Waals surface area contributed by atoms with E-state index >= 15 is 0 Å². The standard InChI is InChI=1S/C11H25N3O3S/c1-2-18(16,17)14-10-9-13-11(15)7-5-3-4-6-8-12/h14H,2-10,12H2,1H3,(H,13,15). The van der Waals surface area contributed by atoms with Crippen LogP contribution >= 0.6 is 0 Å². The lowest BCUT2D eigenvalue weighted by molar-refractivity contribution is -0.121. The van der Waals surface area contributed by atoms with Crippen LogP contribution < -0.4 is 15.8 Å². The van der Waals surface area contributed by atoms with Crippen LogP contribution in [0.4, 0.5) is 0 Å². The summed E-state index contributed by atoms with van der Waals surface area (Å²) < 4.78 is 24.6. The molecule has 0 spiro atoms. The first-order valence-electron chi connectivity index (χ1n) is 6.46. The number of sulfonamides is 1. The maximum atomic E-state index is 11.4. The molecule has 0 bridgehead atoms. The van der Waals surface area contributed by atoms with E-state index in [9.17, 15) is 13.2 Å². The van der Waals surface area contributed by atoms with Gasteiger partial charge in [0.2, 0.25) is 15.9 Å². The summed E-state index contributed by atoms with van der Waals surface area (Å²) >= 11 is 0. The molecule has 0 unspecified atom stereocenters. The van der Waals surface area contributed by atoms with Gasteiger partial charge in [0.1, 0.15) is 0 Å². The topological polar surface area (TPSA) is 101 Å². The second kappa shape index (κ2) is 10.3. The number of carbonyl (C=O) groups is 1. The number of rotatable bonds is 11. The largest absolute Gasteiger partial charge is 0.355 e. The molecule has 0 radical (unpaired) electrons. The van der Waals surface area contributed by atoms with Crippen LogP contribution in [0.15, 0.2) is 0 Å². The summed E-state index contributed by atoms with van der Waals surface area (Å²) in [4.78, 5) is 11.4. The van der Waals surface area contributed by atoms with Gasteiger partial charge in [-0.2, -0.15) is 0 Å². The summed E-state index contributed by atoms with van der Waals surface area (Å²) in [7, 11) is -3.16. The quantitative estimate of drug-likeness (QED) is 0.462. The monoisotopic (exact) mass is 279 g/mol. The summed E-state index contributed by atoms with van der Waals surface area (Å²) in [5.41, 5.74) is 5.36. The minimum Gasteiger partial charge on any atom is -0.355 e. The number of unbranched alkanes of at least 4 members (excludes halogenated alkanes) is 3. The summed E-state index contributed by atoms with van der Waals surface area (Å²) in [6.45, 7) is 2.85. The molecule has 0 aromatic heterocycles. The van der Waals surface area contributed by atoms with E-state index in [-0.39, 0.29) is 18.2 Å². The van der Waals surface area contributed by atoms with Gasteiger partial charge in [-0.1, -0.05) is 12.8 Å². The van der Waals surface area contributed by atoms with Crippen molar-refractivity contribution in [2.24, 2.45) is 5.73 Å². The van der Waals surface area contributed by atoms with Crippen LogP contribution in [-0.2, 0) is 14.8 Å². The number of amides is 1. The molecule has 18 heavy (non-hydrogen) atoms. The smallest absolute Gasteiger partial charge is 0.220 e. The number of carbonyl (C=O) groups excluding carboxylic acids is 1. The Morgan fingerprint density at radius 1 is 1.11 bits per heavy atom. The molecular weight excluding hydrogens is 254 g/mol. The Morgan fingerprint density at radius 2 is 1.78 bits per heavy atom. The Balaban J connectivity index is 3.43. The second-order valence-corrected chi connectivity index (χ2v) is 6.20. The predicted molar refractivity (Wildman–Crippen MR) is 72.6 cm³/mol. The van der Waals surface area contributed by atoms with Gasteiger partial charge in [-0.15, -0.1) is 0 Å². The van der Waals surface area contributed by atoms with Crippen LogP contribution in [0.3, 0.4) is 0 Å². The van der Waals surface area contributed by atoms with Crippen LogP contribution in [0, 0.1) is 0 Å². The fraction of sp³-hybridized carbons (Fsp3) is 0.909. The molecule has 0 aromatic carbocycles. The fourth-order valence-electron chi connectivity index (χ4n) is 1.38. The molecule has 0 fully saturated rings. The molecular formula is C11H25N3O3S. The summed E-state index contributed by atoms with van der Waals surface area (Å²) in [6, 6.07) is 0. The van der Waals surface area contributed by atoms with Crippen molar-refractivity contribution in [2.45, 2.75) is 39.0 Å². The highest BCUT2D eigenvalue weighted by Gasteiger charge is 2.05. The highest BCUT2D eigenvalue weighted by molar-refractivity contribution is 7.89. The van der Waals surface area contributed by atoms with E-state index in [0.717, 1.165) is 25.7 Å². The number of nitrogens with one attached hydrogen (secondary N) is 2. The minimum absolute atomic E-state index is 0.0292.